The lowest BCUT2D eigenvalue weighted by Crippen LogP contribution is -2.36. The lowest BCUT2D eigenvalue weighted by molar-refractivity contribution is 0.161. The average molecular weight is 260 g/mol. The minimum Gasteiger partial charge on any atom is -0.312 e. The molecule has 106 valence electrons. The van der Waals surface area contributed by atoms with E-state index < -0.39 is 0 Å². The number of nitrogens with zero attached hydrogens (tertiary/aromatic N) is 1. The molecule has 2 rings (SSSR count). The molecule has 1 unspecified atom stereocenters. The Hall–Kier alpha value is -0.890. The van der Waals surface area contributed by atoms with Crippen molar-refractivity contribution in [2.24, 2.45) is 11.3 Å². The summed E-state index contributed by atoms with van der Waals surface area (Å²) in [5, 5.41) is 3.61. The third-order valence-corrected chi connectivity index (χ3v) is 4.71. The fourth-order valence-electron chi connectivity index (χ4n) is 4.07. The van der Waals surface area contributed by atoms with E-state index in [1.165, 1.54) is 43.2 Å². The van der Waals surface area contributed by atoms with Crippen LogP contribution in [-0.2, 0) is 0 Å². The second-order valence-electron chi connectivity index (χ2n) is 6.62. The van der Waals surface area contributed by atoms with Gasteiger partial charge in [0, 0.05) is 18.4 Å². The summed E-state index contributed by atoms with van der Waals surface area (Å²) in [6.45, 7) is 6.91. The number of rotatable bonds is 5. The van der Waals surface area contributed by atoms with Gasteiger partial charge in [-0.2, -0.15) is 0 Å². The molecule has 0 aromatic carbocycles. The maximum atomic E-state index is 4.36. The van der Waals surface area contributed by atoms with Crippen LogP contribution in [0.15, 0.2) is 18.5 Å². The van der Waals surface area contributed by atoms with E-state index in [-0.39, 0.29) is 0 Å². The molecule has 2 nitrogen and oxygen atoms in total. The summed E-state index contributed by atoms with van der Waals surface area (Å²) >= 11 is 0. The van der Waals surface area contributed by atoms with E-state index in [0.717, 1.165) is 5.92 Å². The maximum absolute atomic E-state index is 4.36. The van der Waals surface area contributed by atoms with Crippen LogP contribution < -0.4 is 5.32 Å². The smallest absolute Gasteiger partial charge is 0.0392 e. The molecule has 1 aliphatic carbocycles. The van der Waals surface area contributed by atoms with Gasteiger partial charge < -0.3 is 5.32 Å². The van der Waals surface area contributed by atoms with Gasteiger partial charge in [0.2, 0.25) is 0 Å². The van der Waals surface area contributed by atoms with Crippen LogP contribution in [0.2, 0.25) is 0 Å². The van der Waals surface area contributed by atoms with Crippen LogP contribution in [0.5, 0.6) is 0 Å². The van der Waals surface area contributed by atoms with Crippen molar-refractivity contribution in [3.8, 4) is 0 Å². The highest BCUT2D eigenvalue weighted by molar-refractivity contribution is 5.27. The summed E-state index contributed by atoms with van der Waals surface area (Å²) < 4.78 is 0. The molecule has 0 saturated heterocycles. The van der Waals surface area contributed by atoms with Gasteiger partial charge in [0.15, 0.2) is 0 Å². The molecule has 0 radical (unpaired) electrons. The number of aromatic nitrogens is 1. The van der Waals surface area contributed by atoms with Gasteiger partial charge in [-0.25, -0.2) is 0 Å². The van der Waals surface area contributed by atoms with Crippen LogP contribution in [0.3, 0.4) is 0 Å². The summed E-state index contributed by atoms with van der Waals surface area (Å²) in [4.78, 5) is 4.36. The van der Waals surface area contributed by atoms with Gasteiger partial charge in [-0.3, -0.25) is 4.98 Å². The highest BCUT2D eigenvalue weighted by Gasteiger charge is 2.42. The zero-order valence-electron chi connectivity index (χ0n) is 12.9. The van der Waals surface area contributed by atoms with E-state index in [4.69, 9.17) is 0 Å². The number of hydrogen-bond donors (Lipinski definition) is 1. The molecule has 1 fully saturated rings. The molecule has 0 bridgehead atoms. The van der Waals surface area contributed by atoms with Crippen molar-refractivity contribution in [2.75, 3.05) is 7.05 Å². The second-order valence-corrected chi connectivity index (χ2v) is 6.62. The predicted octanol–water partition coefficient (Wildman–Crippen LogP) is 4.26. The van der Waals surface area contributed by atoms with E-state index in [1.54, 1.807) is 0 Å². The number of nitrogens with one attached hydrogen (secondary N) is 1. The standard InChI is InChI=1S/C17H28N2/c1-13(2)11-17(8-5-6-9-17)16(18-4)15-12-19-10-7-14(15)3/h7,10,12-13,16,18H,5-6,8-9,11H2,1-4H3. The third-order valence-electron chi connectivity index (χ3n) is 4.71. The molecule has 0 spiro atoms. The van der Waals surface area contributed by atoms with E-state index in [2.05, 4.69) is 50.4 Å². The predicted molar refractivity (Wildman–Crippen MR) is 81.1 cm³/mol. The molecular formula is C17H28N2. The quantitative estimate of drug-likeness (QED) is 0.855. The zero-order chi connectivity index (χ0) is 13.9. The minimum atomic E-state index is 0.427. The van der Waals surface area contributed by atoms with Gasteiger partial charge in [0.25, 0.3) is 0 Å². The van der Waals surface area contributed by atoms with Crippen molar-refractivity contribution in [2.45, 2.75) is 58.9 Å². The van der Waals surface area contributed by atoms with Crippen LogP contribution in [0.4, 0.5) is 0 Å². The van der Waals surface area contributed by atoms with E-state index in [1.807, 2.05) is 6.20 Å². The van der Waals surface area contributed by atoms with E-state index >= 15 is 0 Å². The molecular weight excluding hydrogens is 232 g/mol. The molecule has 1 aliphatic rings. The fraction of sp³-hybridized carbons (Fsp3) is 0.706. The van der Waals surface area contributed by atoms with Crippen molar-refractivity contribution < 1.29 is 0 Å². The van der Waals surface area contributed by atoms with Crippen LogP contribution in [0.25, 0.3) is 0 Å². The molecule has 1 atom stereocenters. The van der Waals surface area contributed by atoms with Crippen LogP contribution >= 0.6 is 0 Å². The summed E-state index contributed by atoms with van der Waals surface area (Å²) in [6, 6.07) is 2.59. The molecule has 1 N–H and O–H groups in total. The Morgan fingerprint density at radius 1 is 1.32 bits per heavy atom. The molecule has 19 heavy (non-hydrogen) atoms. The first-order chi connectivity index (χ1) is 9.09. The van der Waals surface area contributed by atoms with Crippen LogP contribution in [-0.4, -0.2) is 12.0 Å². The summed E-state index contributed by atoms with van der Waals surface area (Å²) in [6.07, 6.45) is 10.7. The van der Waals surface area contributed by atoms with Crippen LogP contribution in [0, 0.1) is 18.3 Å². The van der Waals surface area contributed by atoms with Crippen molar-refractivity contribution in [3.05, 3.63) is 29.6 Å². The summed E-state index contributed by atoms with van der Waals surface area (Å²) in [7, 11) is 2.11. The van der Waals surface area contributed by atoms with Crippen molar-refractivity contribution in [1.29, 1.82) is 0 Å². The van der Waals surface area contributed by atoms with Crippen molar-refractivity contribution in [1.82, 2.24) is 10.3 Å². The lowest BCUT2D eigenvalue weighted by Gasteiger charge is -2.40. The average Bonchev–Trinajstić information content (AvgIpc) is 2.81. The van der Waals surface area contributed by atoms with Crippen LogP contribution in [0.1, 0.15) is 63.1 Å². The first kappa shape index (κ1) is 14.5. The van der Waals surface area contributed by atoms with Crippen molar-refractivity contribution in [3.63, 3.8) is 0 Å². The Kier molecular flexibility index (Phi) is 4.62. The third kappa shape index (κ3) is 3.00. The SMILES string of the molecule is CNC(c1cnccc1C)C1(CC(C)C)CCCC1. The van der Waals surface area contributed by atoms with Crippen molar-refractivity contribution >= 4 is 0 Å². The fourth-order valence-corrected chi connectivity index (χ4v) is 4.07. The Bertz CT molecular complexity index is 405. The Labute approximate surface area is 118 Å². The monoisotopic (exact) mass is 260 g/mol. The summed E-state index contributed by atoms with van der Waals surface area (Å²) in [5.41, 5.74) is 3.19. The molecule has 1 aromatic heterocycles. The second kappa shape index (κ2) is 6.04. The zero-order valence-corrected chi connectivity index (χ0v) is 12.9. The number of pyridine rings is 1. The van der Waals surface area contributed by atoms with Gasteiger partial charge in [0.05, 0.1) is 0 Å². The Morgan fingerprint density at radius 3 is 2.53 bits per heavy atom. The maximum Gasteiger partial charge on any atom is 0.0392 e. The number of hydrogen-bond acceptors (Lipinski definition) is 2. The Morgan fingerprint density at radius 2 is 2.00 bits per heavy atom. The highest BCUT2D eigenvalue weighted by atomic mass is 14.9. The first-order valence-electron chi connectivity index (χ1n) is 7.67. The molecule has 2 heteroatoms. The molecule has 0 aliphatic heterocycles. The minimum absolute atomic E-state index is 0.427. The van der Waals surface area contributed by atoms with E-state index in [9.17, 15) is 0 Å². The molecule has 0 amide bonds. The normalized spacial score (nSPS) is 19.8. The summed E-state index contributed by atoms with van der Waals surface area (Å²) in [5.74, 6) is 0.755. The van der Waals surface area contributed by atoms with Gasteiger partial charge in [-0.1, -0.05) is 26.7 Å². The Balaban J connectivity index is 2.35. The van der Waals surface area contributed by atoms with Gasteiger partial charge >= 0.3 is 0 Å². The topological polar surface area (TPSA) is 24.9 Å². The van der Waals surface area contributed by atoms with Gasteiger partial charge in [-0.05, 0) is 61.8 Å². The first-order valence-corrected chi connectivity index (χ1v) is 7.67. The number of aryl methyl sites for hydroxylation is 1. The van der Waals surface area contributed by atoms with E-state index in [0.29, 0.717) is 11.5 Å². The highest BCUT2D eigenvalue weighted by Crippen LogP contribution is 2.51. The van der Waals surface area contributed by atoms with Gasteiger partial charge in [0.1, 0.15) is 0 Å². The molecule has 1 heterocycles. The molecule has 1 saturated carbocycles. The lowest BCUT2D eigenvalue weighted by atomic mass is 9.70. The van der Waals surface area contributed by atoms with Gasteiger partial charge in [-0.15, -0.1) is 0 Å². The molecule has 1 aromatic rings. The largest absolute Gasteiger partial charge is 0.312 e.